The molecule has 2 fully saturated rings. The number of ether oxygens (including phenoxy) is 1. The molecule has 0 N–H and O–H groups in total. The second-order valence-corrected chi connectivity index (χ2v) is 6.62. The molecule has 3 rings (SSSR count). The van der Waals surface area contributed by atoms with Crippen molar-refractivity contribution in [2.24, 2.45) is 5.92 Å². The lowest BCUT2D eigenvalue weighted by atomic mass is 9.95. The Morgan fingerprint density at radius 3 is 2.70 bits per heavy atom. The Morgan fingerprint density at radius 1 is 1.26 bits per heavy atom. The van der Waals surface area contributed by atoms with E-state index in [4.69, 9.17) is 4.74 Å². The normalized spacial score (nSPS) is 28.8. The van der Waals surface area contributed by atoms with Crippen molar-refractivity contribution in [1.29, 1.82) is 0 Å². The van der Waals surface area contributed by atoms with Crippen LogP contribution in [0, 0.1) is 5.92 Å². The fourth-order valence-electron chi connectivity index (χ4n) is 3.54. The van der Waals surface area contributed by atoms with Gasteiger partial charge in [0.1, 0.15) is 6.61 Å². The number of benzene rings is 1. The monoisotopic (exact) mass is 316 g/mol. The summed E-state index contributed by atoms with van der Waals surface area (Å²) >= 11 is 0. The zero-order valence-electron chi connectivity index (χ0n) is 13.8. The van der Waals surface area contributed by atoms with E-state index >= 15 is 0 Å². The zero-order chi connectivity index (χ0) is 16.4. The molecule has 5 nitrogen and oxygen atoms in total. The van der Waals surface area contributed by atoms with Crippen LogP contribution in [0.4, 0.5) is 0 Å². The van der Waals surface area contributed by atoms with E-state index in [1.165, 1.54) is 0 Å². The van der Waals surface area contributed by atoms with Crippen molar-refractivity contribution in [2.45, 2.75) is 31.9 Å². The van der Waals surface area contributed by atoms with Gasteiger partial charge in [-0.05, 0) is 24.3 Å². The molecular formula is C18H24N2O3. The molecule has 0 aromatic heterocycles. The van der Waals surface area contributed by atoms with E-state index in [-0.39, 0.29) is 24.5 Å². The Kier molecular flexibility index (Phi) is 4.66. The molecule has 124 valence electrons. The SMILES string of the molecule is C[C@@H]1CCCN(C(=O)[C@H]2OCC(=O)N(C)[C@H]2c2ccccc2)C1. The fourth-order valence-corrected chi connectivity index (χ4v) is 3.54. The molecule has 1 aromatic rings. The van der Waals surface area contributed by atoms with Crippen LogP contribution in [0.2, 0.25) is 0 Å². The minimum Gasteiger partial charge on any atom is -0.356 e. The number of amides is 2. The Labute approximate surface area is 137 Å². The number of rotatable bonds is 2. The number of hydrogen-bond acceptors (Lipinski definition) is 3. The van der Waals surface area contributed by atoms with Crippen LogP contribution in [-0.4, -0.2) is 54.5 Å². The summed E-state index contributed by atoms with van der Waals surface area (Å²) in [6.45, 7) is 3.70. The maximum absolute atomic E-state index is 13.0. The molecule has 0 bridgehead atoms. The van der Waals surface area contributed by atoms with Gasteiger partial charge in [-0.3, -0.25) is 9.59 Å². The second-order valence-electron chi connectivity index (χ2n) is 6.62. The lowest BCUT2D eigenvalue weighted by molar-refractivity contribution is -0.168. The highest BCUT2D eigenvalue weighted by atomic mass is 16.5. The van der Waals surface area contributed by atoms with Crippen LogP contribution >= 0.6 is 0 Å². The highest BCUT2D eigenvalue weighted by Crippen LogP contribution is 2.31. The van der Waals surface area contributed by atoms with Gasteiger partial charge in [0.05, 0.1) is 6.04 Å². The standard InChI is InChI=1S/C18H24N2O3/c1-13-7-6-10-20(11-13)18(22)17-16(14-8-4-3-5-9-14)19(2)15(21)12-23-17/h3-5,8-9,13,16-17H,6-7,10-12H2,1-2H3/t13-,16+,17+/m1/s1. The maximum atomic E-state index is 13.0. The molecule has 2 aliphatic heterocycles. The average Bonchev–Trinajstić information content (AvgIpc) is 2.57. The highest BCUT2D eigenvalue weighted by molar-refractivity contribution is 5.86. The van der Waals surface area contributed by atoms with Crippen LogP contribution in [0.25, 0.3) is 0 Å². The predicted octanol–water partition coefficient (Wildman–Crippen LogP) is 1.84. The summed E-state index contributed by atoms with van der Waals surface area (Å²) in [6, 6.07) is 9.31. The maximum Gasteiger partial charge on any atom is 0.254 e. The number of piperidine rings is 1. The molecule has 0 spiro atoms. The summed E-state index contributed by atoms with van der Waals surface area (Å²) in [5.41, 5.74) is 0.937. The first-order valence-corrected chi connectivity index (χ1v) is 8.29. The highest BCUT2D eigenvalue weighted by Gasteiger charge is 2.42. The van der Waals surface area contributed by atoms with Crippen molar-refractivity contribution < 1.29 is 14.3 Å². The van der Waals surface area contributed by atoms with Gasteiger partial charge in [0, 0.05) is 20.1 Å². The van der Waals surface area contributed by atoms with Gasteiger partial charge in [0.25, 0.3) is 5.91 Å². The third-order valence-corrected chi connectivity index (χ3v) is 4.84. The number of nitrogens with zero attached hydrogens (tertiary/aromatic N) is 2. The molecule has 2 saturated heterocycles. The van der Waals surface area contributed by atoms with Gasteiger partial charge in [0.2, 0.25) is 5.91 Å². The molecule has 0 aliphatic carbocycles. The number of carbonyl (C=O) groups excluding carboxylic acids is 2. The first kappa shape index (κ1) is 16.0. The number of hydrogen-bond donors (Lipinski definition) is 0. The van der Waals surface area contributed by atoms with Crippen LogP contribution in [0.15, 0.2) is 30.3 Å². The van der Waals surface area contributed by atoms with Gasteiger partial charge in [-0.1, -0.05) is 37.3 Å². The number of carbonyl (C=O) groups is 2. The molecular weight excluding hydrogens is 292 g/mol. The quantitative estimate of drug-likeness (QED) is 0.836. The minimum atomic E-state index is -0.620. The first-order valence-electron chi connectivity index (χ1n) is 8.29. The van der Waals surface area contributed by atoms with Crippen molar-refractivity contribution >= 4 is 11.8 Å². The van der Waals surface area contributed by atoms with Crippen LogP contribution in [0.5, 0.6) is 0 Å². The molecule has 0 unspecified atom stereocenters. The van der Waals surface area contributed by atoms with E-state index < -0.39 is 6.10 Å². The Balaban J connectivity index is 1.86. The summed E-state index contributed by atoms with van der Waals surface area (Å²) in [6.07, 6.45) is 1.57. The zero-order valence-corrected chi connectivity index (χ0v) is 13.8. The third kappa shape index (κ3) is 3.24. The van der Waals surface area contributed by atoms with E-state index in [9.17, 15) is 9.59 Å². The van der Waals surface area contributed by atoms with Gasteiger partial charge in [0.15, 0.2) is 6.10 Å². The van der Waals surface area contributed by atoms with Gasteiger partial charge in [-0.15, -0.1) is 0 Å². The molecule has 2 heterocycles. The van der Waals surface area contributed by atoms with E-state index in [2.05, 4.69) is 6.92 Å². The van der Waals surface area contributed by atoms with E-state index in [0.29, 0.717) is 5.92 Å². The summed E-state index contributed by atoms with van der Waals surface area (Å²) in [5, 5.41) is 0. The van der Waals surface area contributed by atoms with Gasteiger partial charge < -0.3 is 14.5 Å². The van der Waals surface area contributed by atoms with Crippen LogP contribution in [0.1, 0.15) is 31.4 Å². The number of likely N-dealkylation sites (N-methyl/N-ethyl adjacent to an activating group) is 1. The van der Waals surface area contributed by atoms with Gasteiger partial charge >= 0.3 is 0 Å². The van der Waals surface area contributed by atoms with Crippen LogP contribution in [-0.2, 0) is 14.3 Å². The van der Waals surface area contributed by atoms with E-state index in [0.717, 1.165) is 31.5 Å². The number of morpholine rings is 1. The van der Waals surface area contributed by atoms with E-state index in [1.807, 2.05) is 35.2 Å². The topological polar surface area (TPSA) is 49.9 Å². The van der Waals surface area contributed by atoms with Crippen molar-refractivity contribution in [3.05, 3.63) is 35.9 Å². The number of likely N-dealkylation sites (tertiary alicyclic amines) is 1. The van der Waals surface area contributed by atoms with Crippen molar-refractivity contribution in [1.82, 2.24) is 9.80 Å². The van der Waals surface area contributed by atoms with Crippen LogP contribution in [0.3, 0.4) is 0 Å². The third-order valence-electron chi connectivity index (χ3n) is 4.84. The Morgan fingerprint density at radius 2 is 2.00 bits per heavy atom. The average molecular weight is 316 g/mol. The predicted molar refractivity (Wildman–Crippen MR) is 86.7 cm³/mol. The van der Waals surface area contributed by atoms with Crippen molar-refractivity contribution in [2.75, 3.05) is 26.7 Å². The van der Waals surface area contributed by atoms with Gasteiger partial charge in [-0.2, -0.15) is 0 Å². The summed E-state index contributed by atoms with van der Waals surface area (Å²) in [4.78, 5) is 28.6. The molecule has 0 radical (unpaired) electrons. The fraction of sp³-hybridized carbons (Fsp3) is 0.556. The molecule has 2 aliphatic rings. The largest absolute Gasteiger partial charge is 0.356 e. The van der Waals surface area contributed by atoms with Crippen molar-refractivity contribution in [3.63, 3.8) is 0 Å². The summed E-state index contributed by atoms with van der Waals surface area (Å²) < 4.78 is 5.70. The Bertz CT molecular complexity index is 575. The molecule has 23 heavy (non-hydrogen) atoms. The lowest BCUT2D eigenvalue weighted by Crippen LogP contribution is -2.55. The molecule has 5 heteroatoms. The van der Waals surface area contributed by atoms with Crippen molar-refractivity contribution in [3.8, 4) is 0 Å². The molecule has 0 saturated carbocycles. The second kappa shape index (κ2) is 6.71. The first-order chi connectivity index (χ1) is 11.1. The smallest absolute Gasteiger partial charge is 0.254 e. The van der Waals surface area contributed by atoms with Crippen LogP contribution < -0.4 is 0 Å². The van der Waals surface area contributed by atoms with E-state index in [1.54, 1.807) is 11.9 Å². The lowest BCUT2D eigenvalue weighted by Gasteiger charge is -2.41. The molecule has 3 atom stereocenters. The molecule has 2 amide bonds. The minimum absolute atomic E-state index is 0.00440. The summed E-state index contributed by atoms with van der Waals surface area (Å²) in [5.74, 6) is 0.436. The van der Waals surface area contributed by atoms with Gasteiger partial charge in [-0.25, -0.2) is 0 Å². The Hall–Kier alpha value is -1.88. The molecule has 1 aromatic carbocycles. The summed E-state index contributed by atoms with van der Waals surface area (Å²) in [7, 11) is 1.75.